The van der Waals surface area contributed by atoms with Crippen LogP contribution in [0.25, 0.3) is 0 Å². The Morgan fingerprint density at radius 2 is 1.95 bits per heavy atom. The molecule has 0 bridgehead atoms. The van der Waals surface area contributed by atoms with Gasteiger partial charge in [0.25, 0.3) is 5.91 Å². The Labute approximate surface area is 117 Å². The lowest BCUT2D eigenvalue weighted by Crippen LogP contribution is -2.25. The number of carbonyl (C=O) groups is 2. The Hall–Kier alpha value is -2.36. The lowest BCUT2D eigenvalue weighted by atomic mass is 9.94. The number of fused-ring (bicyclic) bond motifs is 1. The Morgan fingerprint density at radius 1 is 1.20 bits per heavy atom. The van der Waals surface area contributed by atoms with Gasteiger partial charge in [0.2, 0.25) is 5.78 Å². The molecule has 2 aliphatic rings. The molecule has 1 amide bonds. The number of nitrogens with zero attached hydrogens (tertiary/aromatic N) is 1. The average Bonchev–Trinajstić information content (AvgIpc) is 2.73. The van der Waals surface area contributed by atoms with Crippen LogP contribution in [0, 0.1) is 5.92 Å². The van der Waals surface area contributed by atoms with E-state index in [1.807, 2.05) is 42.5 Å². The van der Waals surface area contributed by atoms with Gasteiger partial charge in [-0.1, -0.05) is 30.3 Å². The standard InChI is InChI=1S/C16H15NO3/c1-20-12-7-8-14-13(9-12)15(18)16(19)17(14)10-11-5-3-2-4-6-11/h2-8,13H,9-10H2,1H3. The minimum atomic E-state index is -0.421. The van der Waals surface area contributed by atoms with E-state index in [-0.39, 0.29) is 11.7 Å². The maximum absolute atomic E-state index is 12.1. The molecular weight excluding hydrogens is 254 g/mol. The number of rotatable bonds is 3. The summed E-state index contributed by atoms with van der Waals surface area (Å²) >= 11 is 0. The molecule has 1 atom stereocenters. The van der Waals surface area contributed by atoms with Crippen LogP contribution in [0.2, 0.25) is 0 Å². The van der Waals surface area contributed by atoms with Crippen LogP contribution < -0.4 is 0 Å². The van der Waals surface area contributed by atoms with E-state index in [4.69, 9.17) is 4.74 Å². The molecule has 0 saturated carbocycles. The fourth-order valence-electron chi connectivity index (χ4n) is 2.65. The third kappa shape index (κ3) is 2.03. The highest BCUT2D eigenvalue weighted by Crippen LogP contribution is 2.35. The van der Waals surface area contributed by atoms with Gasteiger partial charge < -0.3 is 9.64 Å². The highest BCUT2D eigenvalue weighted by Gasteiger charge is 2.44. The first kappa shape index (κ1) is 12.7. The molecule has 102 valence electrons. The highest BCUT2D eigenvalue weighted by atomic mass is 16.5. The number of ketones is 1. The molecule has 4 heteroatoms. The van der Waals surface area contributed by atoms with Crippen LogP contribution in [-0.4, -0.2) is 23.7 Å². The van der Waals surface area contributed by atoms with Crippen molar-refractivity contribution in [3.63, 3.8) is 0 Å². The molecule has 0 radical (unpaired) electrons. The predicted molar refractivity (Wildman–Crippen MR) is 73.3 cm³/mol. The van der Waals surface area contributed by atoms with Crippen LogP contribution in [0.15, 0.2) is 53.9 Å². The molecule has 1 unspecified atom stereocenters. The SMILES string of the molecule is COC1=CC=C2C(C1)C(=O)C(=O)N2Cc1ccccc1. The van der Waals surface area contributed by atoms with Gasteiger partial charge in [0.15, 0.2) is 0 Å². The molecular formula is C16H15NO3. The van der Waals surface area contributed by atoms with Gasteiger partial charge in [0.05, 0.1) is 25.3 Å². The monoisotopic (exact) mass is 269 g/mol. The van der Waals surface area contributed by atoms with E-state index in [1.54, 1.807) is 12.0 Å². The second-order valence-electron chi connectivity index (χ2n) is 4.93. The number of methoxy groups -OCH3 is 1. The summed E-state index contributed by atoms with van der Waals surface area (Å²) in [6, 6.07) is 9.67. The lowest BCUT2D eigenvalue weighted by Gasteiger charge is -2.22. The van der Waals surface area contributed by atoms with Crippen LogP contribution in [0.3, 0.4) is 0 Å². The van der Waals surface area contributed by atoms with Crippen LogP contribution in [0.5, 0.6) is 0 Å². The Balaban J connectivity index is 1.90. The summed E-state index contributed by atoms with van der Waals surface area (Å²) in [7, 11) is 1.58. The maximum atomic E-state index is 12.1. The largest absolute Gasteiger partial charge is 0.501 e. The zero-order valence-corrected chi connectivity index (χ0v) is 11.2. The van der Waals surface area contributed by atoms with Crippen molar-refractivity contribution in [1.29, 1.82) is 0 Å². The van der Waals surface area contributed by atoms with Crippen molar-refractivity contribution in [2.45, 2.75) is 13.0 Å². The van der Waals surface area contributed by atoms with Crippen LogP contribution in [-0.2, 0) is 20.9 Å². The maximum Gasteiger partial charge on any atom is 0.295 e. The summed E-state index contributed by atoms with van der Waals surface area (Å²) in [6.07, 6.45) is 4.12. The van der Waals surface area contributed by atoms with Crippen molar-refractivity contribution < 1.29 is 14.3 Å². The van der Waals surface area contributed by atoms with Crippen molar-refractivity contribution in [2.75, 3.05) is 7.11 Å². The van der Waals surface area contributed by atoms with E-state index in [0.29, 0.717) is 13.0 Å². The number of hydrogen-bond donors (Lipinski definition) is 0. The van der Waals surface area contributed by atoms with Crippen LogP contribution in [0.1, 0.15) is 12.0 Å². The fraction of sp³-hybridized carbons (Fsp3) is 0.250. The predicted octanol–water partition coefficient (Wildman–Crippen LogP) is 2.03. The van der Waals surface area contributed by atoms with Gasteiger partial charge in [-0.15, -0.1) is 0 Å². The number of Topliss-reactive ketones (excluding diaryl/α,β-unsaturated/α-hetero) is 1. The Morgan fingerprint density at radius 3 is 2.65 bits per heavy atom. The van der Waals surface area contributed by atoms with Crippen molar-refractivity contribution in [2.24, 2.45) is 5.92 Å². The van der Waals surface area contributed by atoms with E-state index in [9.17, 15) is 9.59 Å². The topological polar surface area (TPSA) is 46.6 Å². The van der Waals surface area contributed by atoms with Gasteiger partial charge in [-0.2, -0.15) is 0 Å². The molecule has 1 heterocycles. The second-order valence-corrected chi connectivity index (χ2v) is 4.93. The van der Waals surface area contributed by atoms with E-state index >= 15 is 0 Å². The van der Waals surface area contributed by atoms with E-state index < -0.39 is 5.91 Å². The van der Waals surface area contributed by atoms with Crippen molar-refractivity contribution in [3.8, 4) is 0 Å². The van der Waals surface area contributed by atoms with Crippen molar-refractivity contribution in [3.05, 3.63) is 59.5 Å². The molecule has 1 aromatic rings. The number of likely N-dealkylation sites (tertiary alicyclic amines) is 1. The quantitative estimate of drug-likeness (QED) is 0.789. The first-order chi connectivity index (χ1) is 9.70. The number of amides is 1. The van der Waals surface area contributed by atoms with Gasteiger partial charge in [0, 0.05) is 12.1 Å². The zero-order chi connectivity index (χ0) is 14.1. The van der Waals surface area contributed by atoms with Gasteiger partial charge in [0.1, 0.15) is 0 Å². The fourth-order valence-corrected chi connectivity index (χ4v) is 2.65. The molecule has 1 saturated heterocycles. The lowest BCUT2D eigenvalue weighted by molar-refractivity contribution is -0.140. The molecule has 20 heavy (non-hydrogen) atoms. The number of ether oxygens (including phenoxy) is 1. The third-order valence-corrected chi connectivity index (χ3v) is 3.73. The molecule has 1 aliphatic carbocycles. The van der Waals surface area contributed by atoms with E-state index in [0.717, 1.165) is 17.0 Å². The minimum absolute atomic E-state index is 0.338. The molecule has 4 nitrogen and oxygen atoms in total. The zero-order valence-electron chi connectivity index (χ0n) is 11.2. The average molecular weight is 269 g/mol. The van der Waals surface area contributed by atoms with Gasteiger partial charge in [-0.05, 0) is 17.7 Å². The van der Waals surface area contributed by atoms with Crippen LogP contribution in [0.4, 0.5) is 0 Å². The normalized spacial score (nSPS) is 21.4. The molecule has 1 aromatic carbocycles. The molecule has 0 spiro atoms. The summed E-state index contributed by atoms with van der Waals surface area (Å²) in [5.41, 5.74) is 1.79. The van der Waals surface area contributed by atoms with Crippen molar-refractivity contribution >= 4 is 11.7 Å². The number of benzene rings is 1. The van der Waals surface area contributed by atoms with Gasteiger partial charge in [-0.3, -0.25) is 9.59 Å². The summed E-state index contributed by atoms with van der Waals surface area (Å²) in [5.74, 6) is -0.404. The summed E-state index contributed by atoms with van der Waals surface area (Å²) in [6.45, 7) is 0.434. The molecule has 3 rings (SSSR count). The van der Waals surface area contributed by atoms with E-state index in [1.165, 1.54) is 0 Å². The summed E-state index contributed by atoms with van der Waals surface area (Å²) in [5, 5.41) is 0. The minimum Gasteiger partial charge on any atom is -0.501 e. The number of hydrogen-bond acceptors (Lipinski definition) is 3. The Kier molecular flexibility index (Phi) is 3.14. The third-order valence-electron chi connectivity index (χ3n) is 3.73. The summed E-state index contributed by atoms with van der Waals surface area (Å²) < 4.78 is 5.17. The second kappa shape index (κ2) is 4.96. The molecule has 1 aliphatic heterocycles. The Bertz CT molecular complexity index is 616. The molecule has 1 fully saturated rings. The smallest absolute Gasteiger partial charge is 0.295 e. The van der Waals surface area contributed by atoms with Crippen molar-refractivity contribution in [1.82, 2.24) is 4.90 Å². The van der Waals surface area contributed by atoms with Crippen LogP contribution >= 0.6 is 0 Å². The first-order valence-corrected chi connectivity index (χ1v) is 6.55. The first-order valence-electron chi connectivity index (χ1n) is 6.55. The number of carbonyl (C=O) groups excluding carboxylic acids is 2. The molecule has 0 aromatic heterocycles. The highest BCUT2D eigenvalue weighted by molar-refractivity contribution is 6.40. The van der Waals surface area contributed by atoms with Gasteiger partial charge in [-0.25, -0.2) is 0 Å². The molecule has 0 N–H and O–H groups in total. The number of allylic oxidation sites excluding steroid dienone is 4. The van der Waals surface area contributed by atoms with E-state index in [2.05, 4.69) is 0 Å². The summed E-state index contributed by atoms with van der Waals surface area (Å²) in [4.78, 5) is 25.8. The van der Waals surface area contributed by atoms with Gasteiger partial charge >= 0.3 is 0 Å².